The van der Waals surface area contributed by atoms with Gasteiger partial charge >= 0.3 is 0 Å². The quantitative estimate of drug-likeness (QED) is 0.813. The van der Waals surface area contributed by atoms with Crippen molar-refractivity contribution >= 4 is 33.4 Å². The number of anilines is 1. The van der Waals surface area contributed by atoms with Crippen LogP contribution in [0.15, 0.2) is 53.0 Å². The Morgan fingerprint density at radius 3 is 2.78 bits per heavy atom. The summed E-state index contributed by atoms with van der Waals surface area (Å²) < 4.78 is 6.76. The van der Waals surface area contributed by atoms with E-state index in [0.717, 1.165) is 16.6 Å². The van der Waals surface area contributed by atoms with Gasteiger partial charge in [-0.1, -0.05) is 46.3 Å². The van der Waals surface area contributed by atoms with Crippen molar-refractivity contribution in [3.8, 4) is 0 Å². The predicted molar refractivity (Wildman–Crippen MR) is 106 cm³/mol. The molecule has 0 aliphatic carbocycles. The lowest BCUT2D eigenvalue weighted by Gasteiger charge is -2.26. The summed E-state index contributed by atoms with van der Waals surface area (Å²) in [4.78, 5) is 26.6. The van der Waals surface area contributed by atoms with E-state index in [2.05, 4.69) is 33.4 Å². The average Bonchev–Trinajstić information content (AvgIpc) is 3.08. The van der Waals surface area contributed by atoms with Crippen LogP contribution in [0.5, 0.6) is 0 Å². The molecular weight excluding hydrogens is 408 g/mol. The first-order valence-corrected chi connectivity index (χ1v) is 9.91. The second-order valence-electron chi connectivity index (χ2n) is 7.04. The zero-order valence-corrected chi connectivity index (χ0v) is 16.4. The minimum absolute atomic E-state index is 0.0175. The molecule has 2 unspecified atom stereocenters. The molecule has 2 aliphatic rings. The van der Waals surface area contributed by atoms with Crippen LogP contribution in [0.2, 0.25) is 0 Å². The summed E-state index contributed by atoms with van der Waals surface area (Å²) in [6.45, 7) is 1.46. The van der Waals surface area contributed by atoms with E-state index in [4.69, 9.17) is 4.74 Å². The fourth-order valence-electron chi connectivity index (χ4n) is 3.68. The van der Waals surface area contributed by atoms with Gasteiger partial charge in [-0.25, -0.2) is 0 Å². The SMILES string of the molecule is O=C(NCC1Cc2ccccc2CO1)C1CC(=O)N(c2cccc(Br)c2)C1. The van der Waals surface area contributed by atoms with Gasteiger partial charge in [-0.15, -0.1) is 0 Å². The first-order valence-electron chi connectivity index (χ1n) is 9.12. The van der Waals surface area contributed by atoms with Crippen molar-refractivity contribution in [3.05, 3.63) is 64.1 Å². The Hall–Kier alpha value is -2.18. The molecule has 4 rings (SSSR count). The largest absolute Gasteiger partial charge is 0.371 e. The molecule has 0 spiro atoms. The zero-order chi connectivity index (χ0) is 18.8. The highest BCUT2D eigenvalue weighted by atomic mass is 79.9. The van der Waals surface area contributed by atoms with Gasteiger partial charge in [0.2, 0.25) is 11.8 Å². The van der Waals surface area contributed by atoms with Crippen LogP contribution in [-0.4, -0.2) is 31.0 Å². The minimum Gasteiger partial charge on any atom is -0.371 e. The molecule has 0 saturated carbocycles. The Morgan fingerprint density at radius 2 is 1.96 bits per heavy atom. The molecule has 2 aromatic carbocycles. The number of fused-ring (bicyclic) bond motifs is 1. The molecule has 2 atom stereocenters. The summed E-state index contributed by atoms with van der Waals surface area (Å²) >= 11 is 3.42. The fourth-order valence-corrected chi connectivity index (χ4v) is 4.06. The lowest BCUT2D eigenvalue weighted by molar-refractivity contribution is -0.127. The molecule has 2 aliphatic heterocycles. The smallest absolute Gasteiger partial charge is 0.227 e. The summed E-state index contributed by atoms with van der Waals surface area (Å²) in [7, 11) is 0. The van der Waals surface area contributed by atoms with E-state index in [-0.39, 0.29) is 30.3 Å². The molecule has 6 heteroatoms. The van der Waals surface area contributed by atoms with Crippen LogP contribution in [0.3, 0.4) is 0 Å². The van der Waals surface area contributed by atoms with E-state index in [1.54, 1.807) is 4.90 Å². The highest BCUT2D eigenvalue weighted by molar-refractivity contribution is 9.10. The van der Waals surface area contributed by atoms with E-state index >= 15 is 0 Å². The summed E-state index contributed by atoms with van der Waals surface area (Å²) in [5.41, 5.74) is 3.31. The number of nitrogens with zero attached hydrogens (tertiary/aromatic N) is 1. The van der Waals surface area contributed by atoms with Crippen LogP contribution in [0.1, 0.15) is 17.5 Å². The molecule has 1 fully saturated rings. The topological polar surface area (TPSA) is 58.6 Å². The highest BCUT2D eigenvalue weighted by Gasteiger charge is 2.35. The number of hydrogen-bond donors (Lipinski definition) is 1. The predicted octanol–water partition coefficient (Wildman–Crippen LogP) is 3.06. The number of benzene rings is 2. The van der Waals surface area contributed by atoms with E-state index in [0.29, 0.717) is 19.7 Å². The Labute approximate surface area is 166 Å². The molecule has 0 bridgehead atoms. The van der Waals surface area contributed by atoms with Gasteiger partial charge in [0, 0.05) is 36.1 Å². The first-order chi connectivity index (χ1) is 13.1. The first kappa shape index (κ1) is 18.2. The molecule has 2 heterocycles. The number of hydrogen-bond acceptors (Lipinski definition) is 3. The number of halogens is 1. The number of carbonyl (C=O) groups is 2. The lowest BCUT2D eigenvalue weighted by atomic mass is 9.99. The third kappa shape index (κ3) is 4.06. The Morgan fingerprint density at radius 1 is 1.15 bits per heavy atom. The van der Waals surface area contributed by atoms with Crippen molar-refractivity contribution in [1.29, 1.82) is 0 Å². The third-order valence-electron chi connectivity index (χ3n) is 5.16. The molecule has 5 nitrogen and oxygen atoms in total. The minimum atomic E-state index is -0.327. The molecule has 0 aromatic heterocycles. The standard InChI is InChI=1S/C21H21BrN2O3/c22-17-6-3-7-18(10-17)24-12-16(9-20(24)25)21(26)23-11-19-8-14-4-1-2-5-15(14)13-27-19/h1-7,10,16,19H,8-9,11-13H2,(H,23,26). The Kier molecular flexibility index (Phi) is 5.27. The number of rotatable bonds is 4. The molecule has 1 N–H and O–H groups in total. The summed E-state index contributed by atoms with van der Waals surface area (Å²) in [5, 5.41) is 2.98. The Balaban J connectivity index is 1.32. The maximum Gasteiger partial charge on any atom is 0.227 e. The van der Waals surface area contributed by atoms with E-state index in [9.17, 15) is 9.59 Å². The zero-order valence-electron chi connectivity index (χ0n) is 14.9. The van der Waals surface area contributed by atoms with Gasteiger partial charge in [-0.05, 0) is 29.3 Å². The maximum atomic E-state index is 12.6. The van der Waals surface area contributed by atoms with Crippen molar-refractivity contribution in [2.45, 2.75) is 25.6 Å². The fraction of sp³-hybridized carbons (Fsp3) is 0.333. The molecule has 0 radical (unpaired) electrons. The van der Waals surface area contributed by atoms with Gasteiger partial charge in [0.1, 0.15) is 0 Å². The number of amides is 2. The van der Waals surface area contributed by atoms with Crippen molar-refractivity contribution < 1.29 is 14.3 Å². The Bertz CT molecular complexity index is 870. The molecule has 2 amide bonds. The normalized spacial score (nSPS) is 21.8. The van der Waals surface area contributed by atoms with Crippen LogP contribution in [0, 0.1) is 5.92 Å². The van der Waals surface area contributed by atoms with Crippen molar-refractivity contribution in [1.82, 2.24) is 5.32 Å². The van der Waals surface area contributed by atoms with Gasteiger partial charge in [0.25, 0.3) is 0 Å². The second-order valence-corrected chi connectivity index (χ2v) is 7.95. The van der Waals surface area contributed by atoms with Crippen molar-refractivity contribution in [2.75, 3.05) is 18.0 Å². The number of carbonyl (C=O) groups excluding carboxylic acids is 2. The average molecular weight is 429 g/mol. The van der Waals surface area contributed by atoms with Crippen LogP contribution in [0.25, 0.3) is 0 Å². The summed E-state index contributed by atoms with van der Waals surface area (Å²) in [5.74, 6) is -0.424. The van der Waals surface area contributed by atoms with Crippen LogP contribution in [0.4, 0.5) is 5.69 Å². The van der Waals surface area contributed by atoms with Crippen LogP contribution < -0.4 is 10.2 Å². The number of nitrogens with one attached hydrogen (secondary N) is 1. The van der Waals surface area contributed by atoms with Gasteiger partial charge in [-0.2, -0.15) is 0 Å². The van der Waals surface area contributed by atoms with Gasteiger partial charge in [-0.3, -0.25) is 9.59 Å². The van der Waals surface area contributed by atoms with Gasteiger partial charge < -0.3 is 15.0 Å². The second kappa shape index (κ2) is 7.82. The number of ether oxygens (including phenoxy) is 1. The molecule has 1 saturated heterocycles. The monoisotopic (exact) mass is 428 g/mol. The lowest BCUT2D eigenvalue weighted by Crippen LogP contribution is -2.40. The molecule has 2 aromatic rings. The molecule has 27 heavy (non-hydrogen) atoms. The summed E-state index contributed by atoms with van der Waals surface area (Å²) in [6, 6.07) is 15.8. The van der Waals surface area contributed by atoms with Crippen LogP contribution >= 0.6 is 15.9 Å². The van der Waals surface area contributed by atoms with Crippen LogP contribution in [-0.2, 0) is 27.4 Å². The molecular formula is C21H21BrN2O3. The van der Waals surface area contributed by atoms with Gasteiger partial charge in [0.15, 0.2) is 0 Å². The molecule has 140 valence electrons. The third-order valence-corrected chi connectivity index (χ3v) is 5.65. The van der Waals surface area contributed by atoms with E-state index in [1.165, 1.54) is 11.1 Å². The van der Waals surface area contributed by atoms with E-state index in [1.807, 2.05) is 36.4 Å². The van der Waals surface area contributed by atoms with Gasteiger partial charge in [0.05, 0.1) is 18.6 Å². The summed E-state index contributed by atoms with van der Waals surface area (Å²) in [6.07, 6.45) is 1.01. The highest BCUT2D eigenvalue weighted by Crippen LogP contribution is 2.27. The van der Waals surface area contributed by atoms with E-state index < -0.39 is 0 Å². The van der Waals surface area contributed by atoms with Crippen molar-refractivity contribution in [3.63, 3.8) is 0 Å². The van der Waals surface area contributed by atoms with Crippen molar-refractivity contribution in [2.24, 2.45) is 5.92 Å². The maximum absolute atomic E-state index is 12.6.